The molecule has 0 radical (unpaired) electrons. The molecular weight excluding hydrogens is 324 g/mol. The second kappa shape index (κ2) is 8.97. The molecule has 0 saturated carbocycles. The van der Waals surface area contributed by atoms with Gasteiger partial charge in [-0.05, 0) is 13.8 Å². The molecule has 25 heavy (non-hydrogen) atoms. The van der Waals surface area contributed by atoms with Crippen molar-refractivity contribution in [3.05, 3.63) is 12.1 Å². The molecule has 0 unspecified atom stereocenters. The summed E-state index contributed by atoms with van der Waals surface area (Å²) in [7, 11) is 0. The molecule has 1 aromatic rings. The van der Waals surface area contributed by atoms with E-state index in [4.69, 9.17) is 31.4 Å². The van der Waals surface area contributed by atoms with Crippen molar-refractivity contribution in [2.24, 2.45) is 27.2 Å². The Bertz CT molecular complexity index is 637. The third-order valence-corrected chi connectivity index (χ3v) is 3.47. The minimum atomic E-state index is -0.158. The summed E-state index contributed by atoms with van der Waals surface area (Å²) in [6, 6.07) is 3.69. The molecule has 2 rings (SSSR count). The van der Waals surface area contributed by atoms with Gasteiger partial charge in [-0.3, -0.25) is 0 Å². The molecule has 1 heterocycles. The van der Waals surface area contributed by atoms with Gasteiger partial charge in [0.25, 0.3) is 0 Å². The zero-order chi connectivity index (χ0) is 18.2. The van der Waals surface area contributed by atoms with Crippen molar-refractivity contribution in [3.8, 4) is 11.5 Å². The largest absolute Gasteiger partial charge is 0.492 e. The highest BCUT2D eigenvalue weighted by molar-refractivity contribution is 5.94. The van der Waals surface area contributed by atoms with Crippen LogP contribution >= 0.6 is 0 Å². The van der Waals surface area contributed by atoms with Crippen LogP contribution in [0.3, 0.4) is 0 Å². The molecule has 1 aliphatic rings. The lowest BCUT2D eigenvalue weighted by atomic mass is 10.2. The molecule has 6 N–H and O–H groups in total. The first-order valence-corrected chi connectivity index (χ1v) is 8.25. The van der Waals surface area contributed by atoms with Crippen molar-refractivity contribution in [1.29, 1.82) is 0 Å². The third kappa shape index (κ3) is 5.15. The number of hydrogen-bond acceptors (Lipinski definition) is 5. The summed E-state index contributed by atoms with van der Waals surface area (Å²) in [6.07, 6.45) is 0. The first-order valence-electron chi connectivity index (χ1n) is 8.25. The summed E-state index contributed by atoms with van der Waals surface area (Å²) < 4.78 is 16.9. The van der Waals surface area contributed by atoms with E-state index in [2.05, 4.69) is 14.9 Å². The summed E-state index contributed by atoms with van der Waals surface area (Å²) in [5, 5.41) is 0. The summed E-state index contributed by atoms with van der Waals surface area (Å²) in [5.74, 6) is 1.07. The average Bonchev–Trinajstić information content (AvgIpc) is 2.57. The van der Waals surface area contributed by atoms with Crippen molar-refractivity contribution >= 4 is 23.3 Å². The standard InChI is InChI=1S/C16H26N6O3/c1-3-24-13-10-12(22-5-7-23-8-6-22)14(25-4-2)9-11(13)20-16(19)21-15(17)18/h9-10H,3-8H2,1-2H3,(H6,17,18,19,20,21). The second-order valence-corrected chi connectivity index (χ2v) is 5.26. The topological polar surface area (TPSA) is 134 Å². The molecule has 1 aromatic carbocycles. The second-order valence-electron chi connectivity index (χ2n) is 5.26. The molecule has 9 heteroatoms. The summed E-state index contributed by atoms with van der Waals surface area (Å²) in [6.45, 7) is 7.75. The fourth-order valence-electron chi connectivity index (χ4n) is 2.50. The zero-order valence-corrected chi connectivity index (χ0v) is 14.7. The molecule has 1 fully saturated rings. The maximum atomic E-state index is 5.79. The predicted molar refractivity (Wildman–Crippen MR) is 98.9 cm³/mol. The zero-order valence-electron chi connectivity index (χ0n) is 14.7. The first-order chi connectivity index (χ1) is 12.0. The molecule has 9 nitrogen and oxygen atoms in total. The highest BCUT2D eigenvalue weighted by Crippen LogP contribution is 2.40. The number of aliphatic imine (C=N–C) groups is 2. The highest BCUT2D eigenvalue weighted by atomic mass is 16.5. The number of rotatable bonds is 6. The van der Waals surface area contributed by atoms with E-state index >= 15 is 0 Å². The van der Waals surface area contributed by atoms with Gasteiger partial charge >= 0.3 is 0 Å². The summed E-state index contributed by atoms with van der Waals surface area (Å²) in [5.41, 5.74) is 17.9. The molecule has 0 amide bonds. The average molecular weight is 350 g/mol. The SMILES string of the molecule is CCOc1cc(N2CCOCC2)c(OCC)cc1N=C(N)N=C(N)N. The van der Waals surface area contributed by atoms with E-state index in [1.165, 1.54) is 0 Å². The molecule has 138 valence electrons. The summed E-state index contributed by atoms with van der Waals surface area (Å²) in [4.78, 5) is 10.2. The van der Waals surface area contributed by atoms with E-state index in [1.54, 1.807) is 6.07 Å². The Balaban J connectivity index is 2.47. The van der Waals surface area contributed by atoms with Crippen LogP contribution < -0.4 is 31.6 Å². The quantitative estimate of drug-likeness (QED) is 0.503. The van der Waals surface area contributed by atoms with Crippen LogP contribution in [0.4, 0.5) is 11.4 Å². The Hall–Kier alpha value is -2.68. The number of ether oxygens (including phenoxy) is 3. The van der Waals surface area contributed by atoms with E-state index in [0.29, 0.717) is 43.6 Å². The van der Waals surface area contributed by atoms with E-state index in [9.17, 15) is 0 Å². The number of morpholine rings is 1. The maximum Gasteiger partial charge on any atom is 0.223 e. The maximum absolute atomic E-state index is 5.79. The van der Waals surface area contributed by atoms with Gasteiger partial charge in [0.15, 0.2) is 5.96 Å². The number of anilines is 1. The van der Waals surface area contributed by atoms with Crippen LogP contribution in [0.1, 0.15) is 13.8 Å². The third-order valence-electron chi connectivity index (χ3n) is 3.47. The van der Waals surface area contributed by atoms with Crippen LogP contribution in [-0.2, 0) is 4.74 Å². The molecule has 0 atom stereocenters. The molecule has 0 bridgehead atoms. The van der Waals surface area contributed by atoms with Gasteiger partial charge in [0.05, 0.1) is 32.1 Å². The van der Waals surface area contributed by atoms with Gasteiger partial charge in [-0.2, -0.15) is 4.99 Å². The summed E-state index contributed by atoms with van der Waals surface area (Å²) >= 11 is 0. The van der Waals surface area contributed by atoms with E-state index in [-0.39, 0.29) is 11.9 Å². The predicted octanol–water partition coefficient (Wildman–Crippen LogP) is 0.540. The normalized spacial score (nSPS) is 15.0. The first kappa shape index (κ1) is 18.7. The van der Waals surface area contributed by atoms with Crippen LogP contribution in [0.2, 0.25) is 0 Å². The van der Waals surface area contributed by atoms with Crippen LogP contribution in [0, 0.1) is 0 Å². The molecule has 1 saturated heterocycles. The van der Waals surface area contributed by atoms with E-state index in [1.807, 2.05) is 19.9 Å². The van der Waals surface area contributed by atoms with Crippen molar-refractivity contribution in [2.45, 2.75) is 13.8 Å². The monoisotopic (exact) mass is 350 g/mol. The lowest BCUT2D eigenvalue weighted by molar-refractivity contribution is 0.122. The molecule has 0 aliphatic carbocycles. The lowest BCUT2D eigenvalue weighted by Gasteiger charge is -2.30. The molecule has 0 spiro atoms. The van der Waals surface area contributed by atoms with Gasteiger partial charge in [0, 0.05) is 25.2 Å². The number of benzene rings is 1. The fraction of sp³-hybridized carbons (Fsp3) is 0.500. The van der Waals surface area contributed by atoms with Gasteiger partial charge in [-0.15, -0.1) is 0 Å². The minimum Gasteiger partial charge on any atom is -0.492 e. The lowest BCUT2D eigenvalue weighted by Crippen LogP contribution is -2.36. The van der Waals surface area contributed by atoms with Gasteiger partial charge in [0.1, 0.15) is 17.2 Å². The molecule has 1 aliphatic heterocycles. The van der Waals surface area contributed by atoms with Crippen LogP contribution in [0.5, 0.6) is 11.5 Å². The Morgan fingerprint density at radius 3 is 2.32 bits per heavy atom. The van der Waals surface area contributed by atoms with Crippen molar-refractivity contribution in [1.82, 2.24) is 0 Å². The van der Waals surface area contributed by atoms with E-state index < -0.39 is 0 Å². The van der Waals surface area contributed by atoms with Crippen molar-refractivity contribution in [2.75, 3.05) is 44.4 Å². The van der Waals surface area contributed by atoms with Crippen molar-refractivity contribution < 1.29 is 14.2 Å². The number of hydrogen-bond donors (Lipinski definition) is 3. The number of nitrogens with two attached hydrogens (primary N) is 3. The highest BCUT2D eigenvalue weighted by Gasteiger charge is 2.19. The van der Waals surface area contributed by atoms with Crippen LogP contribution in [0.15, 0.2) is 22.1 Å². The van der Waals surface area contributed by atoms with Gasteiger partial charge in [-0.1, -0.05) is 0 Å². The Morgan fingerprint density at radius 2 is 1.72 bits per heavy atom. The van der Waals surface area contributed by atoms with Crippen LogP contribution in [0.25, 0.3) is 0 Å². The fourth-order valence-corrected chi connectivity index (χ4v) is 2.50. The molecule has 0 aromatic heterocycles. The minimum absolute atomic E-state index is 0.0532. The van der Waals surface area contributed by atoms with Gasteiger partial charge in [0.2, 0.25) is 5.96 Å². The number of guanidine groups is 2. The van der Waals surface area contributed by atoms with Gasteiger partial charge in [-0.25, -0.2) is 4.99 Å². The number of nitrogens with zero attached hydrogens (tertiary/aromatic N) is 3. The van der Waals surface area contributed by atoms with Gasteiger partial charge < -0.3 is 36.3 Å². The van der Waals surface area contributed by atoms with E-state index in [0.717, 1.165) is 18.8 Å². The Kier molecular flexibility index (Phi) is 6.70. The Morgan fingerprint density at radius 1 is 1.08 bits per heavy atom. The Labute approximate surface area is 147 Å². The van der Waals surface area contributed by atoms with Crippen molar-refractivity contribution in [3.63, 3.8) is 0 Å². The molecular formula is C16H26N6O3. The smallest absolute Gasteiger partial charge is 0.223 e. The van der Waals surface area contributed by atoms with Crippen LogP contribution in [-0.4, -0.2) is 51.4 Å².